The minimum absolute atomic E-state index is 0.0146. The minimum Gasteiger partial charge on any atom is -0.507 e. The van der Waals surface area contributed by atoms with Gasteiger partial charge in [0.05, 0.1) is 23.9 Å². The fourth-order valence-electron chi connectivity index (χ4n) is 4.07. The van der Waals surface area contributed by atoms with Crippen LogP contribution in [0.1, 0.15) is 53.8 Å². The van der Waals surface area contributed by atoms with Crippen molar-refractivity contribution in [3.05, 3.63) is 106 Å². The quantitative estimate of drug-likeness (QED) is 0.330. The molecular formula is C27H25FN2O3. The van der Waals surface area contributed by atoms with Gasteiger partial charge < -0.3 is 10.0 Å². The van der Waals surface area contributed by atoms with Gasteiger partial charge in [-0.05, 0) is 59.9 Å². The third-order valence-corrected chi connectivity index (χ3v) is 5.95. The molecule has 1 aliphatic rings. The van der Waals surface area contributed by atoms with E-state index in [0.717, 1.165) is 5.56 Å². The number of aliphatic hydroxyl groups excluding tert-OH is 1. The minimum atomic E-state index is -0.793. The maximum atomic E-state index is 13.8. The van der Waals surface area contributed by atoms with Gasteiger partial charge in [-0.1, -0.05) is 44.2 Å². The van der Waals surface area contributed by atoms with Gasteiger partial charge in [-0.25, -0.2) is 4.39 Å². The number of hydrogen-bond donors (Lipinski definition) is 1. The molecule has 0 bridgehead atoms. The van der Waals surface area contributed by atoms with Crippen LogP contribution in [-0.2, 0) is 16.1 Å². The van der Waals surface area contributed by atoms with Crippen molar-refractivity contribution in [1.29, 1.82) is 0 Å². The number of ketones is 1. The highest BCUT2D eigenvalue weighted by Crippen LogP contribution is 2.40. The van der Waals surface area contributed by atoms with Crippen molar-refractivity contribution in [3.63, 3.8) is 0 Å². The highest BCUT2D eigenvalue weighted by atomic mass is 19.1. The predicted octanol–water partition coefficient (Wildman–Crippen LogP) is 5.27. The molecule has 0 spiro atoms. The van der Waals surface area contributed by atoms with Gasteiger partial charge in [-0.3, -0.25) is 14.6 Å². The number of hydrogen-bond acceptors (Lipinski definition) is 4. The van der Waals surface area contributed by atoms with Crippen molar-refractivity contribution in [3.8, 4) is 0 Å². The monoisotopic (exact) mass is 444 g/mol. The topological polar surface area (TPSA) is 70.5 Å². The molecule has 6 heteroatoms. The lowest BCUT2D eigenvalue weighted by molar-refractivity contribution is -0.140. The van der Waals surface area contributed by atoms with Crippen LogP contribution in [0.2, 0.25) is 0 Å². The third-order valence-electron chi connectivity index (χ3n) is 5.95. The number of aryl methyl sites for hydroxylation is 1. The van der Waals surface area contributed by atoms with Crippen LogP contribution in [0.25, 0.3) is 5.76 Å². The Balaban J connectivity index is 1.86. The summed E-state index contributed by atoms with van der Waals surface area (Å²) in [5.74, 6) is -1.90. The number of aromatic nitrogens is 1. The van der Waals surface area contributed by atoms with Crippen LogP contribution in [0.5, 0.6) is 0 Å². The van der Waals surface area contributed by atoms with Gasteiger partial charge in [0.1, 0.15) is 11.6 Å². The van der Waals surface area contributed by atoms with E-state index in [1.165, 1.54) is 23.1 Å². The van der Waals surface area contributed by atoms with E-state index in [-0.39, 0.29) is 23.4 Å². The summed E-state index contributed by atoms with van der Waals surface area (Å²) >= 11 is 0. The molecule has 33 heavy (non-hydrogen) atoms. The van der Waals surface area contributed by atoms with Crippen LogP contribution < -0.4 is 0 Å². The second-order valence-electron chi connectivity index (χ2n) is 8.53. The van der Waals surface area contributed by atoms with Crippen molar-refractivity contribution in [1.82, 2.24) is 9.88 Å². The number of benzene rings is 2. The van der Waals surface area contributed by atoms with Gasteiger partial charge >= 0.3 is 0 Å². The van der Waals surface area contributed by atoms with E-state index >= 15 is 0 Å². The fraction of sp³-hybridized carbons (Fsp3) is 0.222. The first-order chi connectivity index (χ1) is 15.8. The molecule has 0 radical (unpaired) electrons. The summed E-state index contributed by atoms with van der Waals surface area (Å²) in [5, 5.41) is 11.1. The first-order valence-electron chi connectivity index (χ1n) is 10.8. The molecule has 1 fully saturated rings. The summed E-state index contributed by atoms with van der Waals surface area (Å²) in [5.41, 5.74) is 3.05. The van der Waals surface area contributed by atoms with Crippen molar-refractivity contribution in [2.75, 3.05) is 0 Å². The van der Waals surface area contributed by atoms with Gasteiger partial charge in [0.25, 0.3) is 11.7 Å². The number of carbonyl (C=O) groups is 2. The number of halogens is 1. The molecule has 0 aliphatic carbocycles. The van der Waals surface area contributed by atoms with Crippen LogP contribution in [0.15, 0.2) is 72.4 Å². The van der Waals surface area contributed by atoms with Gasteiger partial charge in [0.15, 0.2) is 0 Å². The number of nitrogens with zero attached hydrogens (tertiary/aromatic N) is 2. The van der Waals surface area contributed by atoms with E-state index in [0.29, 0.717) is 22.7 Å². The Morgan fingerprint density at radius 3 is 2.42 bits per heavy atom. The van der Waals surface area contributed by atoms with Crippen LogP contribution in [0.3, 0.4) is 0 Å². The zero-order valence-corrected chi connectivity index (χ0v) is 18.7. The highest BCUT2D eigenvalue weighted by molar-refractivity contribution is 6.46. The first-order valence-corrected chi connectivity index (χ1v) is 10.8. The van der Waals surface area contributed by atoms with E-state index in [9.17, 15) is 19.1 Å². The van der Waals surface area contributed by atoms with Gasteiger partial charge in [-0.2, -0.15) is 0 Å². The molecule has 168 valence electrons. The number of rotatable bonds is 5. The third kappa shape index (κ3) is 4.29. The summed E-state index contributed by atoms with van der Waals surface area (Å²) in [6.45, 7) is 5.85. The van der Waals surface area contributed by atoms with E-state index in [1.807, 2.05) is 30.3 Å². The fourth-order valence-corrected chi connectivity index (χ4v) is 4.07. The Labute approximate surface area is 192 Å². The number of pyridine rings is 1. The molecule has 1 unspecified atom stereocenters. The number of Topliss-reactive ketones (excluding diaryl/α,β-unsaturated/α-hetero) is 1. The molecule has 1 amide bonds. The second kappa shape index (κ2) is 8.98. The Morgan fingerprint density at radius 2 is 1.82 bits per heavy atom. The molecule has 3 aromatic rings. The van der Waals surface area contributed by atoms with Crippen LogP contribution in [-0.4, -0.2) is 26.7 Å². The van der Waals surface area contributed by atoms with E-state index < -0.39 is 23.5 Å². The lowest BCUT2D eigenvalue weighted by Gasteiger charge is -2.25. The Kier molecular flexibility index (Phi) is 6.09. The average molecular weight is 445 g/mol. The number of likely N-dealkylation sites (tertiary alicyclic amines) is 1. The van der Waals surface area contributed by atoms with Crippen LogP contribution in [0.4, 0.5) is 4.39 Å². The van der Waals surface area contributed by atoms with Crippen LogP contribution >= 0.6 is 0 Å². The normalized spacial score (nSPS) is 17.7. The predicted molar refractivity (Wildman–Crippen MR) is 124 cm³/mol. The van der Waals surface area contributed by atoms with Crippen LogP contribution in [0, 0.1) is 12.7 Å². The molecule has 1 aliphatic heterocycles. The zero-order chi connectivity index (χ0) is 23.7. The van der Waals surface area contributed by atoms with E-state index in [1.54, 1.807) is 25.3 Å². The zero-order valence-electron chi connectivity index (χ0n) is 18.7. The number of carbonyl (C=O) groups excluding carboxylic acids is 2. The first kappa shape index (κ1) is 22.4. The smallest absolute Gasteiger partial charge is 0.296 e. The maximum Gasteiger partial charge on any atom is 0.296 e. The molecule has 1 saturated heterocycles. The number of amides is 1. The molecule has 2 heterocycles. The van der Waals surface area contributed by atoms with Crippen molar-refractivity contribution < 1.29 is 19.1 Å². The summed E-state index contributed by atoms with van der Waals surface area (Å²) in [4.78, 5) is 31.9. The van der Waals surface area contributed by atoms with Gasteiger partial charge in [0.2, 0.25) is 0 Å². The maximum absolute atomic E-state index is 13.8. The lowest BCUT2D eigenvalue weighted by atomic mass is 9.93. The molecule has 0 saturated carbocycles. The summed E-state index contributed by atoms with van der Waals surface area (Å²) in [6, 6.07) is 16.4. The summed E-state index contributed by atoms with van der Waals surface area (Å²) < 4.78 is 13.8. The largest absolute Gasteiger partial charge is 0.507 e. The molecule has 2 aromatic carbocycles. The average Bonchev–Trinajstić information content (AvgIpc) is 3.06. The molecule has 1 N–H and O–H groups in total. The van der Waals surface area contributed by atoms with Gasteiger partial charge in [0, 0.05) is 11.8 Å². The Hall–Kier alpha value is -3.80. The Bertz CT molecular complexity index is 1230. The molecule has 1 atom stereocenters. The van der Waals surface area contributed by atoms with Crippen molar-refractivity contribution in [2.45, 2.75) is 39.3 Å². The van der Waals surface area contributed by atoms with Gasteiger partial charge in [-0.15, -0.1) is 0 Å². The Morgan fingerprint density at radius 1 is 1.09 bits per heavy atom. The van der Waals surface area contributed by atoms with Crippen molar-refractivity contribution >= 4 is 17.4 Å². The molecule has 5 nitrogen and oxygen atoms in total. The van der Waals surface area contributed by atoms with Crippen molar-refractivity contribution in [2.24, 2.45) is 0 Å². The highest BCUT2D eigenvalue weighted by Gasteiger charge is 2.46. The molecule has 4 rings (SSSR count). The summed E-state index contributed by atoms with van der Waals surface area (Å²) in [6.07, 6.45) is 1.62. The molecule has 1 aromatic heterocycles. The molecular weight excluding hydrogens is 419 g/mol. The second-order valence-corrected chi connectivity index (χ2v) is 8.53. The standard InChI is InChI=1S/C27H25FN2O3/c1-16(2)18-7-9-19(10-8-18)24-23(25(31)20-11-12-22(28)17(3)14-20)26(32)27(33)30(24)15-21-6-4-5-13-29-21/h4-14,16,24,31H,15H2,1-3H3/b25-23-. The SMILES string of the molecule is Cc1cc(/C(O)=C2/C(=O)C(=O)N(Cc3ccccn3)C2c2ccc(C(C)C)cc2)ccc1F. The van der Waals surface area contributed by atoms with E-state index in [2.05, 4.69) is 18.8 Å². The number of aliphatic hydroxyl groups is 1. The lowest BCUT2D eigenvalue weighted by Crippen LogP contribution is -2.29. The van der Waals surface area contributed by atoms with E-state index in [4.69, 9.17) is 0 Å². The summed E-state index contributed by atoms with van der Waals surface area (Å²) in [7, 11) is 0.